The van der Waals surface area contributed by atoms with Crippen LogP contribution in [0.3, 0.4) is 0 Å². The van der Waals surface area contributed by atoms with Gasteiger partial charge in [-0.15, -0.1) is 0 Å². The molecule has 1 spiro atoms. The van der Waals surface area contributed by atoms with Crippen LogP contribution in [0.1, 0.15) is 63.4 Å². The maximum absolute atomic E-state index is 14.7. The zero-order valence-corrected chi connectivity index (χ0v) is 17.6. The Morgan fingerprint density at radius 3 is 2.48 bits per heavy atom. The summed E-state index contributed by atoms with van der Waals surface area (Å²) in [5.74, 6) is -3.50. The minimum absolute atomic E-state index is 0.00395. The van der Waals surface area contributed by atoms with E-state index in [0.717, 1.165) is 19.0 Å². The highest BCUT2D eigenvalue weighted by molar-refractivity contribution is 5.89. The number of aromatic nitrogens is 1. The van der Waals surface area contributed by atoms with E-state index in [0.29, 0.717) is 31.3 Å². The maximum atomic E-state index is 14.7. The Labute approximate surface area is 181 Å². The first-order chi connectivity index (χ1) is 14.8. The van der Waals surface area contributed by atoms with Crippen molar-refractivity contribution in [2.24, 2.45) is 10.8 Å². The summed E-state index contributed by atoms with van der Waals surface area (Å²) in [7, 11) is 0. The second kappa shape index (κ2) is 8.18. The standard InChI is InChI=1S/C23H28F2N4O2/c24-23(25,17-2-1-11-27-15-17)4-3-18(19(30)14-22(16-26)7-8-22)28-20(31)29-12-9-21(5-6-21)10-13-29/h1-2,11,15,18H,3-10,12-14H2,(H,28,31)/t18-/m0/s1. The number of nitriles is 1. The topological polar surface area (TPSA) is 86.1 Å². The fourth-order valence-corrected chi connectivity index (χ4v) is 4.40. The highest BCUT2D eigenvalue weighted by atomic mass is 19.3. The molecule has 3 fully saturated rings. The molecule has 166 valence electrons. The second-order valence-electron chi connectivity index (χ2n) is 9.51. The summed E-state index contributed by atoms with van der Waals surface area (Å²) in [6.07, 6.45) is 7.36. The lowest BCUT2D eigenvalue weighted by Gasteiger charge is -2.33. The molecule has 1 aromatic rings. The molecule has 1 aliphatic heterocycles. The number of carbonyl (C=O) groups excluding carboxylic acids is 2. The number of Topliss-reactive ketones (excluding diaryl/α,β-unsaturated/α-hetero) is 1. The molecule has 0 radical (unpaired) electrons. The molecule has 6 nitrogen and oxygen atoms in total. The zero-order chi connectivity index (χ0) is 22.1. The van der Waals surface area contributed by atoms with Crippen molar-refractivity contribution in [2.75, 3.05) is 13.1 Å². The predicted octanol–water partition coefficient (Wildman–Crippen LogP) is 4.17. The number of likely N-dealkylation sites (tertiary alicyclic amines) is 1. The minimum atomic E-state index is -3.16. The highest BCUT2D eigenvalue weighted by Gasteiger charge is 2.47. The van der Waals surface area contributed by atoms with Crippen LogP contribution in [0.25, 0.3) is 0 Å². The molecule has 2 saturated carbocycles. The Morgan fingerprint density at radius 1 is 1.23 bits per heavy atom. The Morgan fingerprint density at radius 2 is 1.94 bits per heavy atom. The van der Waals surface area contributed by atoms with Gasteiger partial charge in [0.25, 0.3) is 5.92 Å². The third kappa shape index (κ3) is 5.03. The Bertz CT molecular complexity index is 865. The molecule has 2 heterocycles. The van der Waals surface area contributed by atoms with Gasteiger partial charge in [0.05, 0.1) is 17.5 Å². The van der Waals surface area contributed by atoms with Gasteiger partial charge in [-0.25, -0.2) is 13.6 Å². The van der Waals surface area contributed by atoms with Crippen LogP contribution in [0.2, 0.25) is 0 Å². The summed E-state index contributed by atoms with van der Waals surface area (Å²) in [5, 5.41) is 12.0. The number of amides is 2. The van der Waals surface area contributed by atoms with E-state index in [1.54, 1.807) is 4.90 Å². The molecule has 2 amide bonds. The summed E-state index contributed by atoms with van der Waals surface area (Å²) in [5.41, 5.74) is -0.493. The number of ketones is 1. The molecule has 4 rings (SSSR count). The van der Waals surface area contributed by atoms with Crippen molar-refractivity contribution < 1.29 is 18.4 Å². The van der Waals surface area contributed by atoms with E-state index in [9.17, 15) is 23.6 Å². The van der Waals surface area contributed by atoms with E-state index in [-0.39, 0.29) is 30.2 Å². The van der Waals surface area contributed by atoms with Gasteiger partial charge in [-0.3, -0.25) is 9.78 Å². The van der Waals surface area contributed by atoms with Crippen LogP contribution in [0, 0.1) is 22.2 Å². The number of rotatable bonds is 8. The first kappa shape index (κ1) is 21.7. The maximum Gasteiger partial charge on any atom is 0.317 e. The number of piperidine rings is 1. The smallest absolute Gasteiger partial charge is 0.317 e. The van der Waals surface area contributed by atoms with E-state index >= 15 is 0 Å². The van der Waals surface area contributed by atoms with Crippen molar-refractivity contribution in [1.82, 2.24) is 15.2 Å². The van der Waals surface area contributed by atoms with Crippen molar-refractivity contribution >= 4 is 11.8 Å². The van der Waals surface area contributed by atoms with Gasteiger partial charge in [-0.1, -0.05) is 0 Å². The van der Waals surface area contributed by atoms with Gasteiger partial charge in [0.2, 0.25) is 0 Å². The summed E-state index contributed by atoms with van der Waals surface area (Å²) in [4.78, 5) is 31.1. The third-order valence-corrected chi connectivity index (χ3v) is 7.19. The first-order valence-electron chi connectivity index (χ1n) is 11.0. The number of hydrogen-bond acceptors (Lipinski definition) is 4. The molecule has 0 aromatic carbocycles. The summed E-state index contributed by atoms with van der Waals surface area (Å²) in [6, 6.07) is 3.51. The first-order valence-corrected chi connectivity index (χ1v) is 11.0. The van der Waals surface area contributed by atoms with Gasteiger partial charge in [0.1, 0.15) is 0 Å². The number of hydrogen-bond donors (Lipinski definition) is 1. The van der Waals surface area contributed by atoms with Crippen LogP contribution in [0.5, 0.6) is 0 Å². The predicted molar refractivity (Wildman–Crippen MR) is 109 cm³/mol. The quantitative estimate of drug-likeness (QED) is 0.671. The lowest BCUT2D eigenvalue weighted by atomic mass is 9.92. The number of nitrogens with one attached hydrogen (secondary N) is 1. The molecule has 3 aliphatic rings. The minimum Gasteiger partial charge on any atom is -0.328 e. The Hall–Kier alpha value is -2.56. The number of carbonyl (C=O) groups is 2. The van der Waals surface area contributed by atoms with Gasteiger partial charge in [-0.2, -0.15) is 5.26 Å². The SMILES string of the molecule is N#CC1(CC(=O)[C@H](CCC(F)(F)c2cccnc2)NC(=O)N2CCC3(CC2)CC3)CC1. The largest absolute Gasteiger partial charge is 0.328 e. The summed E-state index contributed by atoms with van der Waals surface area (Å²) in [6.45, 7) is 1.25. The fraction of sp³-hybridized carbons (Fsp3) is 0.652. The zero-order valence-electron chi connectivity index (χ0n) is 17.6. The van der Waals surface area contributed by atoms with Crippen LogP contribution in [-0.2, 0) is 10.7 Å². The van der Waals surface area contributed by atoms with E-state index in [1.807, 2.05) is 0 Å². The van der Waals surface area contributed by atoms with Gasteiger partial charge in [0, 0.05) is 43.9 Å². The van der Waals surface area contributed by atoms with Crippen molar-refractivity contribution in [3.05, 3.63) is 30.1 Å². The lowest BCUT2D eigenvalue weighted by molar-refractivity contribution is -0.122. The van der Waals surface area contributed by atoms with E-state index in [4.69, 9.17) is 0 Å². The average Bonchev–Trinajstić information content (AvgIpc) is 3.70. The molecule has 0 unspecified atom stereocenters. The van der Waals surface area contributed by atoms with Gasteiger partial charge in [-0.05, 0) is 62.5 Å². The molecule has 8 heteroatoms. The van der Waals surface area contributed by atoms with Crippen LogP contribution in [0.15, 0.2) is 24.5 Å². The van der Waals surface area contributed by atoms with Gasteiger partial charge >= 0.3 is 6.03 Å². The fourth-order valence-electron chi connectivity index (χ4n) is 4.40. The molecular weight excluding hydrogens is 402 g/mol. The van der Waals surface area contributed by atoms with Crippen LogP contribution < -0.4 is 5.32 Å². The number of halogens is 2. The molecule has 31 heavy (non-hydrogen) atoms. The molecule has 1 atom stereocenters. The number of alkyl halides is 2. The second-order valence-corrected chi connectivity index (χ2v) is 9.51. The molecule has 1 aromatic heterocycles. The van der Waals surface area contributed by atoms with Gasteiger partial charge in [0.15, 0.2) is 5.78 Å². The monoisotopic (exact) mass is 430 g/mol. The van der Waals surface area contributed by atoms with Crippen molar-refractivity contribution in [3.8, 4) is 6.07 Å². The lowest BCUT2D eigenvalue weighted by Crippen LogP contribution is -2.51. The van der Waals surface area contributed by atoms with Crippen molar-refractivity contribution in [3.63, 3.8) is 0 Å². The van der Waals surface area contributed by atoms with E-state index in [1.165, 1.54) is 31.2 Å². The van der Waals surface area contributed by atoms with Crippen molar-refractivity contribution in [2.45, 2.75) is 69.8 Å². The summed E-state index contributed by atoms with van der Waals surface area (Å²) < 4.78 is 29.3. The normalized spacial score (nSPS) is 21.8. The van der Waals surface area contributed by atoms with Crippen LogP contribution >= 0.6 is 0 Å². The molecule has 0 bridgehead atoms. The molecular formula is C23H28F2N4O2. The number of pyridine rings is 1. The molecule has 1 saturated heterocycles. The van der Waals surface area contributed by atoms with E-state index < -0.39 is 23.8 Å². The van der Waals surface area contributed by atoms with Crippen molar-refractivity contribution in [1.29, 1.82) is 5.26 Å². The van der Waals surface area contributed by atoms with Crippen LogP contribution in [0.4, 0.5) is 13.6 Å². The average molecular weight is 430 g/mol. The third-order valence-electron chi connectivity index (χ3n) is 7.19. The Kier molecular flexibility index (Phi) is 5.71. The van der Waals surface area contributed by atoms with Crippen LogP contribution in [-0.4, -0.2) is 40.8 Å². The number of nitrogens with zero attached hydrogens (tertiary/aromatic N) is 3. The molecule has 1 N–H and O–H groups in total. The van der Waals surface area contributed by atoms with E-state index in [2.05, 4.69) is 16.4 Å². The molecule has 2 aliphatic carbocycles. The summed E-state index contributed by atoms with van der Waals surface area (Å²) >= 11 is 0. The number of urea groups is 1. The highest BCUT2D eigenvalue weighted by Crippen LogP contribution is 2.53. The van der Waals surface area contributed by atoms with Gasteiger partial charge < -0.3 is 10.2 Å². The Balaban J connectivity index is 1.40.